The van der Waals surface area contributed by atoms with E-state index in [1.54, 1.807) is 4.90 Å². The molecule has 0 aromatic heterocycles. The zero-order chi connectivity index (χ0) is 14.0. The number of amides is 2. The summed E-state index contributed by atoms with van der Waals surface area (Å²) < 4.78 is 0. The molecule has 2 aliphatic heterocycles. The van der Waals surface area contributed by atoms with Gasteiger partial charge < -0.3 is 15.7 Å². The van der Waals surface area contributed by atoms with Crippen LogP contribution >= 0.6 is 0 Å². The van der Waals surface area contributed by atoms with Crippen molar-refractivity contribution >= 4 is 11.8 Å². The number of likely N-dealkylation sites (tertiary alicyclic amines) is 2. The third kappa shape index (κ3) is 3.25. The first-order chi connectivity index (χ1) is 8.93. The zero-order valence-electron chi connectivity index (χ0n) is 11.5. The molecule has 0 bridgehead atoms. The Morgan fingerprint density at radius 2 is 2.11 bits per heavy atom. The molecule has 6 nitrogen and oxygen atoms in total. The molecule has 0 aliphatic carbocycles. The molecule has 0 aromatic rings. The molecule has 108 valence electrons. The molecule has 0 saturated carbocycles. The summed E-state index contributed by atoms with van der Waals surface area (Å²) >= 11 is 0. The van der Waals surface area contributed by atoms with Crippen LogP contribution in [0.1, 0.15) is 26.2 Å². The predicted molar refractivity (Wildman–Crippen MR) is 70.2 cm³/mol. The van der Waals surface area contributed by atoms with Crippen molar-refractivity contribution in [3.8, 4) is 0 Å². The van der Waals surface area contributed by atoms with Crippen LogP contribution in [-0.2, 0) is 9.59 Å². The maximum absolute atomic E-state index is 12.1. The summed E-state index contributed by atoms with van der Waals surface area (Å²) in [4.78, 5) is 27.0. The predicted octanol–water partition coefficient (Wildman–Crippen LogP) is -0.833. The maximum atomic E-state index is 12.1. The highest BCUT2D eigenvalue weighted by Crippen LogP contribution is 2.24. The van der Waals surface area contributed by atoms with Gasteiger partial charge in [-0.1, -0.05) is 6.92 Å². The zero-order valence-corrected chi connectivity index (χ0v) is 11.5. The molecule has 2 aliphatic rings. The lowest BCUT2D eigenvalue weighted by Crippen LogP contribution is -2.63. The SMILES string of the molecule is CCC1(O)CN(CC(=O)N2CCCC(C(N)=O)C2)C1. The third-order valence-corrected chi connectivity index (χ3v) is 4.23. The molecule has 1 atom stereocenters. The number of carbonyl (C=O) groups excluding carboxylic acids is 2. The number of β-amino-alcohol motifs (C(OH)–C–C–N with tert-alkyl or cyclic N) is 1. The van der Waals surface area contributed by atoms with Crippen LogP contribution in [0.4, 0.5) is 0 Å². The Labute approximate surface area is 113 Å². The molecule has 0 radical (unpaired) electrons. The number of rotatable bonds is 4. The van der Waals surface area contributed by atoms with Gasteiger partial charge in [0.25, 0.3) is 0 Å². The lowest BCUT2D eigenvalue weighted by Gasteiger charge is -2.46. The van der Waals surface area contributed by atoms with E-state index in [0.717, 1.165) is 12.8 Å². The van der Waals surface area contributed by atoms with E-state index >= 15 is 0 Å². The molecular formula is C13H23N3O3. The number of hydrogen-bond donors (Lipinski definition) is 2. The third-order valence-electron chi connectivity index (χ3n) is 4.23. The molecule has 1 unspecified atom stereocenters. The number of nitrogens with zero attached hydrogens (tertiary/aromatic N) is 2. The quantitative estimate of drug-likeness (QED) is 0.697. The van der Waals surface area contributed by atoms with Crippen molar-refractivity contribution in [3.05, 3.63) is 0 Å². The average Bonchev–Trinajstić information content (AvgIpc) is 2.36. The number of aliphatic hydroxyl groups is 1. The van der Waals surface area contributed by atoms with E-state index in [1.807, 2.05) is 11.8 Å². The molecule has 2 rings (SSSR count). The van der Waals surface area contributed by atoms with Crippen molar-refractivity contribution in [2.24, 2.45) is 11.7 Å². The molecule has 0 aromatic carbocycles. The fraction of sp³-hybridized carbons (Fsp3) is 0.846. The first-order valence-corrected chi connectivity index (χ1v) is 6.95. The molecule has 2 fully saturated rings. The smallest absolute Gasteiger partial charge is 0.236 e. The Bertz CT molecular complexity index is 366. The molecule has 2 amide bonds. The van der Waals surface area contributed by atoms with Crippen LogP contribution in [0.3, 0.4) is 0 Å². The normalized spacial score (nSPS) is 26.8. The van der Waals surface area contributed by atoms with Gasteiger partial charge in [-0.2, -0.15) is 0 Å². The van der Waals surface area contributed by atoms with E-state index in [9.17, 15) is 14.7 Å². The van der Waals surface area contributed by atoms with Crippen LogP contribution in [0.2, 0.25) is 0 Å². The number of primary amides is 1. The number of piperidine rings is 1. The minimum atomic E-state index is -0.613. The standard InChI is InChI=1S/C13H23N3O3/c1-2-13(19)8-15(9-13)7-11(17)16-5-3-4-10(6-16)12(14)18/h10,19H,2-9H2,1H3,(H2,14,18). The van der Waals surface area contributed by atoms with Crippen molar-refractivity contribution in [1.82, 2.24) is 9.80 Å². The monoisotopic (exact) mass is 269 g/mol. The molecule has 6 heteroatoms. The van der Waals surface area contributed by atoms with Crippen molar-refractivity contribution in [3.63, 3.8) is 0 Å². The highest BCUT2D eigenvalue weighted by molar-refractivity contribution is 5.81. The Hall–Kier alpha value is -1.14. The van der Waals surface area contributed by atoms with Crippen LogP contribution in [0.15, 0.2) is 0 Å². The Balaban J connectivity index is 1.79. The summed E-state index contributed by atoms with van der Waals surface area (Å²) in [6.07, 6.45) is 2.32. The topological polar surface area (TPSA) is 86.9 Å². The molecule has 2 saturated heterocycles. The van der Waals surface area contributed by atoms with Crippen molar-refractivity contribution in [2.75, 3.05) is 32.7 Å². The van der Waals surface area contributed by atoms with Gasteiger partial charge in [0, 0.05) is 26.2 Å². The summed E-state index contributed by atoms with van der Waals surface area (Å²) in [5.74, 6) is -0.493. The van der Waals surface area contributed by atoms with E-state index in [4.69, 9.17) is 5.73 Å². The lowest BCUT2D eigenvalue weighted by molar-refractivity contribution is -0.144. The van der Waals surface area contributed by atoms with Crippen molar-refractivity contribution < 1.29 is 14.7 Å². The second kappa shape index (κ2) is 5.46. The minimum Gasteiger partial charge on any atom is -0.387 e. The Kier molecular flexibility index (Phi) is 4.10. The highest BCUT2D eigenvalue weighted by Gasteiger charge is 2.40. The van der Waals surface area contributed by atoms with E-state index < -0.39 is 5.60 Å². The van der Waals surface area contributed by atoms with E-state index in [-0.39, 0.29) is 17.7 Å². The first kappa shape index (κ1) is 14.3. The highest BCUT2D eigenvalue weighted by atomic mass is 16.3. The number of nitrogens with two attached hydrogens (primary N) is 1. The number of carbonyl (C=O) groups is 2. The molecule has 0 spiro atoms. The van der Waals surface area contributed by atoms with Gasteiger partial charge in [-0.3, -0.25) is 14.5 Å². The molecule has 3 N–H and O–H groups in total. The lowest BCUT2D eigenvalue weighted by atomic mass is 9.91. The second-order valence-electron chi connectivity index (χ2n) is 5.80. The summed E-state index contributed by atoms with van der Waals surface area (Å²) in [5.41, 5.74) is 4.69. The molecular weight excluding hydrogens is 246 g/mol. The Morgan fingerprint density at radius 1 is 1.42 bits per heavy atom. The van der Waals surface area contributed by atoms with Crippen LogP contribution < -0.4 is 5.73 Å². The second-order valence-corrected chi connectivity index (χ2v) is 5.80. The fourth-order valence-electron chi connectivity index (χ4n) is 2.85. The van der Waals surface area contributed by atoms with Crippen molar-refractivity contribution in [2.45, 2.75) is 31.8 Å². The van der Waals surface area contributed by atoms with Gasteiger partial charge in [0.15, 0.2) is 0 Å². The van der Waals surface area contributed by atoms with Crippen LogP contribution in [0.25, 0.3) is 0 Å². The van der Waals surface area contributed by atoms with Gasteiger partial charge in [-0.05, 0) is 19.3 Å². The number of hydrogen-bond acceptors (Lipinski definition) is 4. The average molecular weight is 269 g/mol. The van der Waals surface area contributed by atoms with Crippen molar-refractivity contribution in [1.29, 1.82) is 0 Å². The summed E-state index contributed by atoms with van der Waals surface area (Å²) in [6, 6.07) is 0. The van der Waals surface area contributed by atoms with Gasteiger partial charge in [0.05, 0.1) is 18.1 Å². The van der Waals surface area contributed by atoms with Gasteiger partial charge in [0.2, 0.25) is 11.8 Å². The van der Waals surface area contributed by atoms with Gasteiger partial charge >= 0.3 is 0 Å². The van der Waals surface area contributed by atoms with Crippen LogP contribution in [0, 0.1) is 5.92 Å². The maximum Gasteiger partial charge on any atom is 0.236 e. The minimum absolute atomic E-state index is 0.0316. The van der Waals surface area contributed by atoms with Gasteiger partial charge in [-0.15, -0.1) is 0 Å². The summed E-state index contributed by atoms with van der Waals surface area (Å²) in [6.45, 7) is 4.54. The van der Waals surface area contributed by atoms with E-state index in [2.05, 4.69) is 0 Å². The Morgan fingerprint density at radius 3 is 2.68 bits per heavy atom. The largest absolute Gasteiger partial charge is 0.387 e. The molecule has 19 heavy (non-hydrogen) atoms. The van der Waals surface area contributed by atoms with Crippen LogP contribution in [0.5, 0.6) is 0 Å². The van der Waals surface area contributed by atoms with Gasteiger partial charge in [0.1, 0.15) is 0 Å². The van der Waals surface area contributed by atoms with E-state index in [1.165, 1.54) is 0 Å². The van der Waals surface area contributed by atoms with Crippen LogP contribution in [-0.4, -0.2) is 65.0 Å². The summed E-state index contributed by atoms with van der Waals surface area (Å²) in [5, 5.41) is 9.90. The van der Waals surface area contributed by atoms with Gasteiger partial charge in [-0.25, -0.2) is 0 Å². The molecule has 2 heterocycles. The summed E-state index contributed by atoms with van der Waals surface area (Å²) in [7, 11) is 0. The first-order valence-electron chi connectivity index (χ1n) is 6.95. The fourth-order valence-corrected chi connectivity index (χ4v) is 2.85. The van der Waals surface area contributed by atoms with E-state index in [0.29, 0.717) is 39.1 Å².